The van der Waals surface area contributed by atoms with Gasteiger partial charge in [-0.25, -0.2) is 8.42 Å². The Kier molecular flexibility index (Phi) is 5.35. The van der Waals surface area contributed by atoms with Crippen LogP contribution in [-0.4, -0.2) is 68.9 Å². The number of carboxylic acids is 1. The van der Waals surface area contributed by atoms with Gasteiger partial charge in [0, 0.05) is 43.4 Å². The lowest BCUT2D eigenvalue weighted by Gasteiger charge is -2.34. The maximum atomic E-state index is 13.0. The molecule has 9 nitrogen and oxygen atoms in total. The number of piperazine rings is 1. The van der Waals surface area contributed by atoms with Gasteiger partial charge in [0.15, 0.2) is 11.5 Å². The van der Waals surface area contributed by atoms with Crippen LogP contribution in [0, 0.1) is 0 Å². The fraction of sp³-hybridized carbons (Fsp3) is 0.300. The molecule has 0 atom stereocenters. The minimum atomic E-state index is -3.78. The molecule has 2 aromatic carbocycles. The monoisotopic (exact) mass is 431 g/mol. The fourth-order valence-electron chi connectivity index (χ4n) is 3.48. The average Bonchev–Trinajstić information content (AvgIpc) is 2.78. The van der Waals surface area contributed by atoms with Crippen molar-refractivity contribution < 1.29 is 32.6 Å². The summed E-state index contributed by atoms with van der Waals surface area (Å²) in [6.45, 7) is 1.24. The van der Waals surface area contributed by atoms with E-state index in [4.69, 9.17) is 9.47 Å². The van der Waals surface area contributed by atoms with Gasteiger partial charge in [-0.3, -0.25) is 4.79 Å². The molecule has 0 aliphatic carbocycles. The summed E-state index contributed by atoms with van der Waals surface area (Å²) in [7, 11) is -3.78. The Hall–Kier alpha value is -3.11. The van der Waals surface area contributed by atoms with Gasteiger partial charge in [0.2, 0.25) is 10.0 Å². The lowest BCUT2D eigenvalue weighted by molar-refractivity contribution is -0.255. The van der Waals surface area contributed by atoms with E-state index in [1.165, 1.54) is 39.5 Å². The predicted octanol–water partition coefficient (Wildman–Crippen LogP) is -0.0320. The summed E-state index contributed by atoms with van der Waals surface area (Å²) in [6.07, 6.45) is 0. The summed E-state index contributed by atoms with van der Waals surface area (Å²) in [4.78, 5) is 25.5. The van der Waals surface area contributed by atoms with Crippen LogP contribution in [-0.2, 0) is 10.0 Å². The smallest absolute Gasteiger partial charge is 0.254 e. The first-order valence-corrected chi connectivity index (χ1v) is 10.8. The van der Waals surface area contributed by atoms with E-state index < -0.39 is 21.9 Å². The summed E-state index contributed by atoms with van der Waals surface area (Å²) in [5.74, 6) is -1.01. The molecule has 2 heterocycles. The van der Waals surface area contributed by atoms with E-state index in [9.17, 15) is 23.1 Å². The van der Waals surface area contributed by atoms with E-state index >= 15 is 0 Å². The number of carbonyl (C=O) groups is 2. The number of carboxylic acid groups (broad SMARTS) is 1. The highest BCUT2D eigenvalue weighted by molar-refractivity contribution is 7.89. The molecule has 2 aromatic rings. The Labute approximate surface area is 173 Å². The largest absolute Gasteiger partial charge is 0.545 e. The fourth-order valence-corrected chi connectivity index (χ4v) is 4.92. The lowest BCUT2D eigenvalue weighted by atomic mass is 10.1. The van der Waals surface area contributed by atoms with Crippen molar-refractivity contribution in [2.75, 3.05) is 39.4 Å². The van der Waals surface area contributed by atoms with Crippen LogP contribution in [0.1, 0.15) is 20.7 Å². The normalized spacial score (nSPS) is 16.9. The van der Waals surface area contributed by atoms with Crippen LogP contribution in [0.15, 0.2) is 47.4 Å². The number of hydrogen-bond donors (Lipinski definition) is 0. The van der Waals surface area contributed by atoms with Crippen LogP contribution in [0.25, 0.3) is 0 Å². The van der Waals surface area contributed by atoms with Gasteiger partial charge in [0.05, 0.1) is 10.9 Å². The number of carbonyl (C=O) groups excluding carboxylic acids is 2. The minimum absolute atomic E-state index is 0.0284. The molecule has 2 aliphatic heterocycles. The minimum Gasteiger partial charge on any atom is -0.545 e. The zero-order valence-corrected chi connectivity index (χ0v) is 16.8. The maximum absolute atomic E-state index is 13.0. The van der Waals surface area contributed by atoms with Gasteiger partial charge in [0.1, 0.15) is 13.2 Å². The van der Waals surface area contributed by atoms with E-state index in [0.29, 0.717) is 24.7 Å². The van der Waals surface area contributed by atoms with Crippen LogP contribution in [0.2, 0.25) is 0 Å². The standard InChI is InChI=1S/C20H20N2O7S/c23-19(15-3-1-2-4-16(15)20(24)25)21-7-9-22(10-8-21)30(26,27)14-5-6-17-18(13-14)29-12-11-28-17/h1-6,13H,7-12H2,(H,24,25)/p-1. The topological polar surface area (TPSA) is 116 Å². The molecule has 1 amide bonds. The summed E-state index contributed by atoms with van der Waals surface area (Å²) in [5, 5.41) is 11.3. The molecular formula is C20H19N2O7S-. The Morgan fingerprint density at radius 3 is 2.17 bits per heavy atom. The highest BCUT2D eigenvalue weighted by atomic mass is 32.2. The second-order valence-electron chi connectivity index (χ2n) is 6.83. The highest BCUT2D eigenvalue weighted by Crippen LogP contribution is 2.33. The third kappa shape index (κ3) is 3.71. The molecule has 158 valence electrons. The zero-order chi connectivity index (χ0) is 21.3. The number of sulfonamides is 1. The van der Waals surface area contributed by atoms with E-state index in [-0.39, 0.29) is 42.2 Å². The summed E-state index contributed by atoms with van der Waals surface area (Å²) >= 11 is 0. The molecule has 2 aliphatic rings. The molecule has 0 spiro atoms. The first-order chi connectivity index (χ1) is 14.4. The summed E-state index contributed by atoms with van der Waals surface area (Å²) < 4.78 is 38.2. The van der Waals surface area contributed by atoms with E-state index in [0.717, 1.165) is 0 Å². The van der Waals surface area contributed by atoms with Crippen LogP contribution in [0.3, 0.4) is 0 Å². The van der Waals surface area contributed by atoms with Gasteiger partial charge in [0.25, 0.3) is 5.91 Å². The summed E-state index contributed by atoms with van der Waals surface area (Å²) in [5.41, 5.74) is -0.158. The number of rotatable bonds is 4. The van der Waals surface area contributed by atoms with Crippen molar-refractivity contribution >= 4 is 21.9 Å². The third-order valence-corrected chi connectivity index (χ3v) is 6.95. The second kappa shape index (κ2) is 7.96. The highest BCUT2D eigenvalue weighted by Gasteiger charge is 2.32. The Morgan fingerprint density at radius 1 is 0.867 bits per heavy atom. The number of ether oxygens (including phenoxy) is 2. The lowest BCUT2D eigenvalue weighted by Crippen LogP contribution is -2.50. The SMILES string of the molecule is O=C([O-])c1ccccc1C(=O)N1CCN(S(=O)(=O)c2ccc3c(c2)OCCO3)CC1. The van der Waals surface area contributed by atoms with Crippen molar-refractivity contribution in [2.45, 2.75) is 4.90 Å². The van der Waals surface area contributed by atoms with Gasteiger partial charge in [-0.2, -0.15) is 4.31 Å². The first-order valence-electron chi connectivity index (χ1n) is 9.37. The molecule has 0 saturated carbocycles. The molecule has 4 rings (SSSR count). The quantitative estimate of drug-likeness (QED) is 0.667. The van der Waals surface area contributed by atoms with Crippen molar-refractivity contribution in [3.8, 4) is 11.5 Å². The Bertz CT molecular complexity index is 1090. The van der Waals surface area contributed by atoms with Crippen molar-refractivity contribution in [2.24, 2.45) is 0 Å². The van der Waals surface area contributed by atoms with E-state index in [1.807, 2.05) is 0 Å². The van der Waals surface area contributed by atoms with E-state index in [2.05, 4.69) is 0 Å². The molecule has 1 fully saturated rings. The van der Waals surface area contributed by atoms with Crippen LogP contribution in [0.5, 0.6) is 11.5 Å². The van der Waals surface area contributed by atoms with Gasteiger partial charge in [-0.15, -0.1) is 0 Å². The van der Waals surface area contributed by atoms with Crippen molar-refractivity contribution in [3.05, 3.63) is 53.6 Å². The first kappa shape index (κ1) is 20.2. The van der Waals surface area contributed by atoms with Gasteiger partial charge in [-0.05, 0) is 18.2 Å². The predicted molar refractivity (Wildman–Crippen MR) is 103 cm³/mol. The van der Waals surface area contributed by atoms with Crippen molar-refractivity contribution in [1.29, 1.82) is 0 Å². The molecule has 30 heavy (non-hydrogen) atoms. The van der Waals surface area contributed by atoms with Crippen LogP contribution >= 0.6 is 0 Å². The third-order valence-electron chi connectivity index (χ3n) is 5.05. The van der Waals surface area contributed by atoms with Crippen LogP contribution in [0.4, 0.5) is 0 Å². The van der Waals surface area contributed by atoms with Gasteiger partial charge in [-0.1, -0.05) is 18.2 Å². The molecule has 1 saturated heterocycles. The second-order valence-corrected chi connectivity index (χ2v) is 8.77. The Morgan fingerprint density at radius 2 is 1.50 bits per heavy atom. The molecule has 0 aromatic heterocycles. The van der Waals surface area contributed by atoms with Crippen molar-refractivity contribution in [3.63, 3.8) is 0 Å². The van der Waals surface area contributed by atoms with Gasteiger partial charge < -0.3 is 24.3 Å². The zero-order valence-electron chi connectivity index (χ0n) is 15.9. The Balaban J connectivity index is 1.48. The number of benzene rings is 2. The molecular weight excluding hydrogens is 412 g/mol. The molecule has 10 heteroatoms. The van der Waals surface area contributed by atoms with Crippen molar-refractivity contribution in [1.82, 2.24) is 9.21 Å². The number of aromatic carboxylic acids is 1. The molecule has 0 radical (unpaired) electrons. The number of amides is 1. The molecule has 0 bridgehead atoms. The summed E-state index contributed by atoms with van der Waals surface area (Å²) in [6, 6.07) is 10.3. The maximum Gasteiger partial charge on any atom is 0.254 e. The number of nitrogens with zero attached hydrogens (tertiary/aromatic N) is 2. The number of fused-ring (bicyclic) bond motifs is 1. The average molecular weight is 431 g/mol. The molecule has 0 unspecified atom stereocenters. The number of hydrogen-bond acceptors (Lipinski definition) is 7. The molecule has 0 N–H and O–H groups in total. The van der Waals surface area contributed by atoms with Gasteiger partial charge >= 0.3 is 0 Å². The van der Waals surface area contributed by atoms with Crippen LogP contribution < -0.4 is 14.6 Å². The van der Waals surface area contributed by atoms with E-state index in [1.54, 1.807) is 12.1 Å².